The Morgan fingerprint density at radius 3 is 2.12 bits per heavy atom. The maximum absolute atomic E-state index is 7.93. The largest absolute Gasteiger partial charge is 0.486 e. The van der Waals surface area contributed by atoms with Gasteiger partial charge in [0, 0.05) is 67.0 Å². The molecule has 58 heavy (non-hydrogen) atoms. The van der Waals surface area contributed by atoms with E-state index in [0.717, 1.165) is 78.1 Å². The predicted molar refractivity (Wildman–Crippen MR) is 232 cm³/mol. The molecule has 7 heteroatoms. The van der Waals surface area contributed by atoms with Crippen molar-refractivity contribution < 1.29 is 30.0 Å². The summed E-state index contributed by atoms with van der Waals surface area (Å²) in [5.74, 6) is -0.680. The van der Waals surface area contributed by atoms with Gasteiger partial charge in [-0.1, -0.05) is 86.2 Å². The van der Waals surface area contributed by atoms with E-state index in [4.69, 9.17) is 14.9 Å². The van der Waals surface area contributed by atoms with Crippen molar-refractivity contribution in [3.05, 3.63) is 174 Å². The van der Waals surface area contributed by atoms with Crippen LogP contribution in [-0.2, 0) is 20.1 Å². The van der Waals surface area contributed by atoms with E-state index in [9.17, 15) is 0 Å². The van der Waals surface area contributed by atoms with Crippen LogP contribution in [0.15, 0.2) is 132 Å². The van der Waals surface area contributed by atoms with E-state index in [1.165, 1.54) is 28.3 Å². The van der Waals surface area contributed by atoms with Gasteiger partial charge >= 0.3 is 0 Å². The number of pyridine rings is 3. The van der Waals surface area contributed by atoms with Gasteiger partial charge in [0.05, 0.1) is 17.5 Å². The van der Waals surface area contributed by atoms with Gasteiger partial charge in [0.25, 0.3) is 0 Å². The molecule has 6 nitrogen and oxygen atoms in total. The first-order chi connectivity index (χ1) is 29.1. The van der Waals surface area contributed by atoms with E-state index in [2.05, 4.69) is 101 Å². The van der Waals surface area contributed by atoms with Gasteiger partial charge in [0.2, 0.25) is 5.71 Å². The number of fused-ring (bicyclic) bond motifs is 3. The number of rotatable bonds is 6. The van der Waals surface area contributed by atoms with Crippen LogP contribution in [-0.4, -0.2) is 24.9 Å². The Morgan fingerprint density at radius 2 is 1.45 bits per heavy atom. The molecule has 0 atom stereocenters. The van der Waals surface area contributed by atoms with Crippen LogP contribution >= 0.6 is 0 Å². The fourth-order valence-corrected chi connectivity index (χ4v) is 7.10. The van der Waals surface area contributed by atoms with Gasteiger partial charge in [0.1, 0.15) is 0 Å². The molecule has 1 radical (unpaired) electrons. The first-order valence-electron chi connectivity index (χ1n) is 20.8. The van der Waals surface area contributed by atoms with Gasteiger partial charge < -0.3 is 14.4 Å². The number of furan rings is 1. The summed E-state index contributed by atoms with van der Waals surface area (Å²) in [6.45, 7) is 9.95. The second kappa shape index (κ2) is 17.2. The number of hydrogen-bond acceptors (Lipinski definition) is 6. The molecule has 5 heterocycles. The van der Waals surface area contributed by atoms with E-state index in [-0.39, 0.29) is 25.7 Å². The minimum atomic E-state index is -2.11. The molecule has 0 spiro atoms. The van der Waals surface area contributed by atoms with Crippen LogP contribution in [0.5, 0.6) is 0 Å². The molecule has 5 aromatic heterocycles. The van der Waals surface area contributed by atoms with Crippen molar-refractivity contribution >= 4 is 22.1 Å². The monoisotopic (exact) mass is 938 g/mol. The van der Waals surface area contributed by atoms with Crippen LogP contribution in [0.1, 0.15) is 58.7 Å². The van der Waals surface area contributed by atoms with Crippen molar-refractivity contribution in [3.63, 3.8) is 0 Å². The average molecular weight is 938 g/mol. The van der Waals surface area contributed by atoms with E-state index < -0.39 is 12.7 Å². The molecule has 0 aliphatic rings. The second-order valence-electron chi connectivity index (χ2n) is 14.5. The third kappa shape index (κ3) is 8.29. The first kappa shape index (κ1) is 35.1. The standard InChI is InChI=1S/C36H27N4O.C15H16N.Ir/c1-21-16-27(25-9-11-26(12-10-25)33-20-37-14-15-38-33)17-22(2)34(21)31-18-32(39-19-23(31)3)30-7-5-6-28-29-13-8-24(4)40-36(29)41-35(28)30;1-11(2)14-8-9-15(16-10-14)13-6-4-12(3)5-7-13;/h5-6,8-20H,1-4H3;4-6,8-11H,1-3H3;/q2*-1;/i;3D3,11D;. The normalized spacial score (nSPS) is 12.4. The molecule has 9 rings (SSSR count). The number of aromatic nitrogens is 5. The zero-order valence-electron chi connectivity index (χ0n) is 37.1. The molecule has 0 amide bonds. The summed E-state index contributed by atoms with van der Waals surface area (Å²) >= 11 is 0. The molecular formula is C51H43IrN5O-2. The fourth-order valence-electron chi connectivity index (χ4n) is 7.10. The third-order valence-corrected chi connectivity index (χ3v) is 10.1. The smallest absolute Gasteiger partial charge is 0.216 e. The van der Waals surface area contributed by atoms with Crippen LogP contribution in [0, 0.1) is 46.7 Å². The first-order valence-corrected chi connectivity index (χ1v) is 18.8. The summed E-state index contributed by atoms with van der Waals surface area (Å²) in [6, 6.07) is 38.0. The van der Waals surface area contributed by atoms with Crippen molar-refractivity contribution in [2.75, 3.05) is 0 Å². The molecule has 0 aliphatic heterocycles. The summed E-state index contributed by atoms with van der Waals surface area (Å²) < 4.78 is 36.2. The third-order valence-electron chi connectivity index (χ3n) is 10.1. The van der Waals surface area contributed by atoms with E-state index in [1.54, 1.807) is 50.8 Å². The fraction of sp³-hybridized carbons (Fsp3) is 0.157. The van der Waals surface area contributed by atoms with Crippen molar-refractivity contribution in [3.8, 4) is 56.0 Å². The van der Waals surface area contributed by atoms with Crippen LogP contribution in [0.4, 0.5) is 0 Å². The average Bonchev–Trinajstić information content (AvgIpc) is 3.62. The number of aryl methyl sites for hydroxylation is 5. The zero-order chi connectivity index (χ0) is 43.1. The summed E-state index contributed by atoms with van der Waals surface area (Å²) in [5, 5.41) is 2.02. The van der Waals surface area contributed by atoms with Gasteiger partial charge in [-0.15, -0.1) is 53.6 Å². The van der Waals surface area contributed by atoms with Gasteiger partial charge in [-0.05, 0) is 102 Å². The Hall–Kier alpha value is -6.14. The van der Waals surface area contributed by atoms with Crippen LogP contribution < -0.4 is 0 Å². The van der Waals surface area contributed by atoms with Crippen molar-refractivity contribution in [1.82, 2.24) is 24.9 Å². The summed E-state index contributed by atoms with van der Waals surface area (Å²) in [6.07, 6.45) is 8.81. The molecule has 0 fully saturated rings. The minimum absolute atomic E-state index is 0. The van der Waals surface area contributed by atoms with Crippen LogP contribution in [0.2, 0.25) is 0 Å². The zero-order valence-corrected chi connectivity index (χ0v) is 35.5. The molecule has 0 aliphatic carbocycles. The maximum Gasteiger partial charge on any atom is 0.216 e. The molecule has 289 valence electrons. The predicted octanol–water partition coefficient (Wildman–Crippen LogP) is 12.8. The SMILES string of the molecule is Cc1ccc2c(n1)oc1c(-c3cc(-c4c(C)cc(-c5ccc(-c6cnccn6)cc5)cc4C)c(C)cn3)[c-]ccc12.[2H]C([2H])([2H])c1c[c-]c(-c2ccc(C([2H])(C)C)cn2)cc1.[Ir]. The Morgan fingerprint density at radius 1 is 0.672 bits per heavy atom. The second-order valence-corrected chi connectivity index (χ2v) is 14.5. The summed E-state index contributed by atoms with van der Waals surface area (Å²) in [7, 11) is 0. The molecule has 0 N–H and O–H groups in total. The van der Waals surface area contributed by atoms with Gasteiger partial charge in [0.15, 0.2) is 0 Å². The van der Waals surface area contributed by atoms with Crippen LogP contribution in [0.25, 0.3) is 78.1 Å². The molecule has 0 unspecified atom stereocenters. The van der Waals surface area contributed by atoms with Crippen LogP contribution in [0.3, 0.4) is 0 Å². The Kier molecular flexibility index (Phi) is 10.4. The number of nitrogens with zero attached hydrogens (tertiary/aromatic N) is 5. The van der Waals surface area contributed by atoms with E-state index in [0.29, 0.717) is 5.71 Å². The minimum Gasteiger partial charge on any atom is -0.486 e. The van der Waals surface area contributed by atoms with Crippen molar-refractivity contribution in [2.24, 2.45) is 0 Å². The van der Waals surface area contributed by atoms with Gasteiger partial charge in [-0.3, -0.25) is 9.97 Å². The molecule has 4 aromatic carbocycles. The van der Waals surface area contributed by atoms with Gasteiger partial charge in [-0.25, -0.2) is 4.98 Å². The van der Waals surface area contributed by atoms with Crippen molar-refractivity contribution in [2.45, 2.75) is 54.3 Å². The summed E-state index contributed by atoms with van der Waals surface area (Å²) in [4.78, 5) is 22.3. The van der Waals surface area contributed by atoms with E-state index >= 15 is 0 Å². The molecule has 0 saturated carbocycles. The van der Waals surface area contributed by atoms with Gasteiger partial charge in [-0.2, -0.15) is 0 Å². The molecule has 0 saturated heterocycles. The molecular weight excluding hydrogens is 891 g/mol. The topological polar surface area (TPSA) is 77.6 Å². The number of hydrogen-bond donors (Lipinski definition) is 0. The Balaban J connectivity index is 0.000000233. The molecule has 9 aromatic rings. The van der Waals surface area contributed by atoms with Crippen molar-refractivity contribution in [1.29, 1.82) is 0 Å². The Labute approximate surface area is 359 Å². The van der Waals surface area contributed by atoms with E-state index in [1.807, 2.05) is 43.5 Å². The maximum atomic E-state index is 7.93. The Bertz CT molecular complexity index is 2940. The quantitative estimate of drug-likeness (QED) is 0.155. The summed E-state index contributed by atoms with van der Waals surface area (Å²) in [5.41, 5.74) is 16.7. The molecule has 0 bridgehead atoms. The number of benzene rings is 4.